The average molecular weight is 369 g/mol. The summed E-state index contributed by atoms with van der Waals surface area (Å²) in [6, 6.07) is 9.61. The van der Waals surface area contributed by atoms with Gasteiger partial charge in [0.25, 0.3) is 11.5 Å². The fourth-order valence-corrected chi connectivity index (χ4v) is 3.66. The van der Waals surface area contributed by atoms with Crippen LogP contribution in [0.15, 0.2) is 35.1 Å². The number of benzene rings is 1. The van der Waals surface area contributed by atoms with Crippen LogP contribution in [0.4, 0.5) is 5.69 Å². The molecule has 0 saturated carbocycles. The van der Waals surface area contributed by atoms with Gasteiger partial charge in [-0.15, -0.1) is 0 Å². The van der Waals surface area contributed by atoms with Crippen LogP contribution in [0.5, 0.6) is 5.75 Å². The van der Waals surface area contributed by atoms with E-state index in [-0.39, 0.29) is 23.1 Å². The zero-order valence-electron chi connectivity index (χ0n) is 16.7. The number of nitrogens with zero attached hydrogens (tertiary/aromatic N) is 3. The van der Waals surface area contributed by atoms with E-state index < -0.39 is 0 Å². The number of hydrogen-bond acceptors (Lipinski definition) is 4. The highest BCUT2D eigenvalue weighted by Gasteiger charge is 2.30. The molecule has 0 bridgehead atoms. The van der Waals surface area contributed by atoms with Crippen LogP contribution in [0.25, 0.3) is 0 Å². The second-order valence-corrected chi connectivity index (χ2v) is 7.16. The number of methoxy groups -OCH3 is 1. The first-order valence-electron chi connectivity index (χ1n) is 9.21. The lowest BCUT2D eigenvalue weighted by atomic mass is 10.1. The first kappa shape index (κ1) is 19.0. The minimum absolute atomic E-state index is 0.0116. The highest BCUT2D eigenvalue weighted by molar-refractivity contribution is 5.94. The Balaban J connectivity index is 1.83. The van der Waals surface area contributed by atoms with Crippen molar-refractivity contribution < 1.29 is 9.53 Å². The lowest BCUT2D eigenvalue weighted by Crippen LogP contribution is -2.55. The third kappa shape index (κ3) is 3.44. The molecule has 1 atom stereocenters. The van der Waals surface area contributed by atoms with Crippen LogP contribution in [0.3, 0.4) is 0 Å². The van der Waals surface area contributed by atoms with Gasteiger partial charge in [-0.05, 0) is 44.5 Å². The van der Waals surface area contributed by atoms with E-state index in [4.69, 9.17) is 4.74 Å². The number of rotatable bonds is 3. The number of carbonyl (C=O) groups excluding carboxylic acids is 1. The largest absolute Gasteiger partial charge is 0.495 e. The molecule has 1 amide bonds. The van der Waals surface area contributed by atoms with Crippen LogP contribution in [-0.4, -0.2) is 48.2 Å². The number of aromatic nitrogens is 1. The summed E-state index contributed by atoms with van der Waals surface area (Å²) in [5.41, 5.74) is 2.87. The Kier molecular flexibility index (Phi) is 5.26. The van der Waals surface area contributed by atoms with Crippen LogP contribution in [0.2, 0.25) is 0 Å². The van der Waals surface area contributed by atoms with Gasteiger partial charge in [0.05, 0.1) is 12.8 Å². The molecule has 6 heteroatoms. The van der Waals surface area contributed by atoms with E-state index in [0.717, 1.165) is 22.7 Å². The van der Waals surface area contributed by atoms with Gasteiger partial charge in [0.1, 0.15) is 11.3 Å². The van der Waals surface area contributed by atoms with E-state index in [1.807, 2.05) is 45.0 Å². The molecule has 144 valence electrons. The zero-order chi connectivity index (χ0) is 19.7. The number of ether oxygens (including phenoxy) is 1. The van der Waals surface area contributed by atoms with E-state index >= 15 is 0 Å². The lowest BCUT2D eigenvalue weighted by Gasteiger charge is -2.41. The van der Waals surface area contributed by atoms with Crippen molar-refractivity contribution in [1.29, 1.82) is 0 Å². The summed E-state index contributed by atoms with van der Waals surface area (Å²) in [6.07, 6.45) is 0. The Hall–Kier alpha value is -2.76. The number of pyridine rings is 1. The number of carbonyl (C=O) groups is 1. The fraction of sp³-hybridized carbons (Fsp3) is 0.429. The smallest absolute Gasteiger partial charge is 0.263 e. The van der Waals surface area contributed by atoms with E-state index in [9.17, 15) is 9.59 Å². The van der Waals surface area contributed by atoms with Gasteiger partial charge < -0.3 is 19.1 Å². The van der Waals surface area contributed by atoms with Crippen molar-refractivity contribution in [3.05, 3.63) is 57.5 Å². The maximum Gasteiger partial charge on any atom is 0.263 e. The fourth-order valence-electron chi connectivity index (χ4n) is 3.66. The van der Waals surface area contributed by atoms with Crippen LogP contribution < -0.4 is 15.2 Å². The molecule has 2 heterocycles. The van der Waals surface area contributed by atoms with Crippen LogP contribution in [0, 0.1) is 13.8 Å². The van der Waals surface area contributed by atoms with Crippen molar-refractivity contribution in [2.75, 3.05) is 31.6 Å². The van der Waals surface area contributed by atoms with Gasteiger partial charge >= 0.3 is 0 Å². The predicted molar refractivity (Wildman–Crippen MR) is 107 cm³/mol. The molecule has 1 fully saturated rings. The van der Waals surface area contributed by atoms with E-state index in [0.29, 0.717) is 19.6 Å². The van der Waals surface area contributed by atoms with Gasteiger partial charge in [-0.3, -0.25) is 9.59 Å². The maximum atomic E-state index is 13.1. The van der Waals surface area contributed by atoms with Gasteiger partial charge in [0.2, 0.25) is 0 Å². The maximum absolute atomic E-state index is 13.1. The van der Waals surface area contributed by atoms with Crippen molar-refractivity contribution in [3.63, 3.8) is 0 Å². The second-order valence-electron chi connectivity index (χ2n) is 7.16. The molecular formula is C21H27N3O3. The first-order chi connectivity index (χ1) is 12.8. The molecule has 1 unspecified atom stereocenters. The van der Waals surface area contributed by atoms with E-state index in [1.54, 1.807) is 29.7 Å². The minimum atomic E-state index is -0.234. The molecule has 3 rings (SSSR count). The summed E-state index contributed by atoms with van der Waals surface area (Å²) in [4.78, 5) is 29.7. The van der Waals surface area contributed by atoms with Crippen molar-refractivity contribution in [1.82, 2.24) is 9.47 Å². The summed E-state index contributed by atoms with van der Waals surface area (Å²) in [5.74, 6) is 0.637. The SMILES string of the molecule is COc1ccccc1N1CCN(C(=O)c2cc(C)c(C)n(C)c2=O)C(C)C1. The minimum Gasteiger partial charge on any atom is -0.495 e. The van der Waals surface area contributed by atoms with Crippen LogP contribution >= 0.6 is 0 Å². The molecule has 1 aliphatic heterocycles. The van der Waals surface area contributed by atoms with Gasteiger partial charge in [-0.1, -0.05) is 12.1 Å². The molecular weight excluding hydrogens is 342 g/mol. The molecule has 1 aliphatic rings. The number of anilines is 1. The van der Waals surface area contributed by atoms with Gasteiger partial charge in [-0.25, -0.2) is 0 Å². The zero-order valence-corrected chi connectivity index (χ0v) is 16.7. The monoisotopic (exact) mass is 369 g/mol. The van der Waals surface area contributed by atoms with Crippen molar-refractivity contribution in [3.8, 4) is 5.75 Å². The molecule has 2 aromatic rings. The van der Waals surface area contributed by atoms with Gasteiger partial charge in [0, 0.05) is 38.4 Å². The van der Waals surface area contributed by atoms with Crippen LogP contribution in [0.1, 0.15) is 28.5 Å². The molecule has 0 radical (unpaired) electrons. The predicted octanol–water partition coefficient (Wildman–Crippen LogP) is 2.36. The van der Waals surface area contributed by atoms with Gasteiger partial charge in [0.15, 0.2) is 0 Å². The second kappa shape index (κ2) is 7.47. The number of piperazine rings is 1. The molecule has 0 N–H and O–H groups in total. The molecule has 1 aromatic carbocycles. The van der Waals surface area contributed by atoms with Crippen molar-refractivity contribution >= 4 is 11.6 Å². The molecule has 27 heavy (non-hydrogen) atoms. The number of amides is 1. The Bertz CT molecular complexity index is 919. The summed E-state index contributed by atoms with van der Waals surface area (Å²) in [5, 5.41) is 0. The van der Waals surface area contributed by atoms with Crippen LogP contribution in [-0.2, 0) is 7.05 Å². The highest BCUT2D eigenvalue weighted by Crippen LogP contribution is 2.29. The van der Waals surface area contributed by atoms with Crippen molar-refractivity contribution in [2.24, 2.45) is 7.05 Å². The third-order valence-corrected chi connectivity index (χ3v) is 5.51. The van der Waals surface area contributed by atoms with Gasteiger partial charge in [-0.2, -0.15) is 0 Å². The average Bonchev–Trinajstić information content (AvgIpc) is 2.68. The Morgan fingerprint density at radius 2 is 1.89 bits per heavy atom. The number of para-hydroxylation sites is 2. The molecule has 1 aromatic heterocycles. The van der Waals surface area contributed by atoms with E-state index in [2.05, 4.69) is 4.90 Å². The third-order valence-electron chi connectivity index (χ3n) is 5.51. The summed E-state index contributed by atoms with van der Waals surface area (Å²) >= 11 is 0. The molecule has 6 nitrogen and oxygen atoms in total. The lowest BCUT2D eigenvalue weighted by molar-refractivity contribution is 0.0671. The van der Waals surface area contributed by atoms with E-state index in [1.165, 1.54) is 0 Å². The molecule has 1 saturated heterocycles. The molecule has 0 aliphatic carbocycles. The Morgan fingerprint density at radius 3 is 2.56 bits per heavy atom. The summed E-state index contributed by atoms with van der Waals surface area (Å²) in [6.45, 7) is 7.78. The summed E-state index contributed by atoms with van der Waals surface area (Å²) < 4.78 is 7.02. The quantitative estimate of drug-likeness (QED) is 0.834. The number of aryl methyl sites for hydroxylation is 1. The normalized spacial score (nSPS) is 17.1. The number of hydrogen-bond donors (Lipinski definition) is 0. The topological polar surface area (TPSA) is 54.8 Å². The Morgan fingerprint density at radius 1 is 1.19 bits per heavy atom. The summed E-state index contributed by atoms with van der Waals surface area (Å²) in [7, 11) is 3.38. The Labute approximate surface area is 160 Å². The first-order valence-corrected chi connectivity index (χ1v) is 9.21. The van der Waals surface area contributed by atoms with Crippen molar-refractivity contribution in [2.45, 2.75) is 26.8 Å². The molecule has 0 spiro atoms. The highest BCUT2D eigenvalue weighted by atomic mass is 16.5. The standard InChI is InChI=1S/C21H27N3O3/c1-14-12-17(20(25)22(4)16(14)3)21(26)24-11-10-23(13-15(24)2)18-8-6-7-9-19(18)27-5/h6-9,12,15H,10-11,13H2,1-5H3.